The molecule has 10 heteroatoms. The molecule has 3 N–H and O–H groups in total. The highest BCUT2D eigenvalue weighted by molar-refractivity contribution is 6.30. The van der Waals surface area contributed by atoms with Crippen molar-refractivity contribution in [1.29, 1.82) is 0 Å². The van der Waals surface area contributed by atoms with Gasteiger partial charge in [-0.3, -0.25) is 14.4 Å². The van der Waals surface area contributed by atoms with Gasteiger partial charge in [0.05, 0.1) is 11.3 Å². The van der Waals surface area contributed by atoms with E-state index in [0.717, 1.165) is 12.1 Å². The third-order valence-electron chi connectivity index (χ3n) is 3.89. The van der Waals surface area contributed by atoms with Crippen LogP contribution in [0, 0.1) is 0 Å². The minimum atomic E-state index is -4.72. The molecule has 2 rings (SSSR count). The second-order valence-corrected chi connectivity index (χ2v) is 6.79. The summed E-state index contributed by atoms with van der Waals surface area (Å²) in [6.07, 6.45) is -4.58. The molecule has 0 aliphatic heterocycles. The Bertz CT molecular complexity index is 931. The fraction of sp³-hybridized carbons (Fsp3) is 0.250. The minimum Gasteiger partial charge on any atom is -0.352 e. The maximum Gasteiger partial charge on any atom is 0.418 e. The van der Waals surface area contributed by atoms with E-state index in [1.807, 2.05) is 0 Å². The van der Waals surface area contributed by atoms with Crippen LogP contribution in [0.5, 0.6) is 0 Å². The van der Waals surface area contributed by atoms with Gasteiger partial charge in [0.2, 0.25) is 11.8 Å². The van der Waals surface area contributed by atoms with E-state index in [1.165, 1.54) is 13.0 Å². The van der Waals surface area contributed by atoms with Crippen molar-refractivity contribution < 1.29 is 27.6 Å². The zero-order valence-electron chi connectivity index (χ0n) is 15.9. The minimum absolute atomic E-state index is 0.0299. The Morgan fingerprint density at radius 3 is 2.27 bits per heavy atom. The summed E-state index contributed by atoms with van der Waals surface area (Å²) in [5.74, 6) is -1.49. The number of alkyl halides is 3. The maximum atomic E-state index is 13.3. The quantitative estimate of drug-likeness (QED) is 0.554. The van der Waals surface area contributed by atoms with Crippen LogP contribution in [0.3, 0.4) is 0 Å². The van der Waals surface area contributed by atoms with Crippen molar-refractivity contribution in [1.82, 2.24) is 5.32 Å². The van der Waals surface area contributed by atoms with Gasteiger partial charge in [-0.05, 0) is 48.9 Å². The molecule has 0 radical (unpaired) electrons. The van der Waals surface area contributed by atoms with Crippen LogP contribution in [0.2, 0.25) is 5.02 Å². The van der Waals surface area contributed by atoms with E-state index in [1.54, 1.807) is 24.3 Å². The van der Waals surface area contributed by atoms with E-state index >= 15 is 0 Å². The molecular formula is C20H19ClF3N3O3. The van der Waals surface area contributed by atoms with Crippen molar-refractivity contribution in [2.24, 2.45) is 0 Å². The lowest BCUT2D eigenvalue weighted by molar-refractivity contribution is -0.137. The first-order valence-electron chi connectivity index (χ1n) is 8.88. The number of benzene rings is 2. The average Bonchev–Trinajstić information content (AvgIpc) is 2.65. The summed E-state index contributed by atoms with van der Waals surface area (Å²) in [4.78, 5) is 35.0. The second kappa shape index (κ2) is 10.1. The molecule has 2 aromatic rings. The van der Waals surface area contributed by atoms with Crippen molar-refractivity contribution in [3.63, 3.8) is 0 Å². The summed E-state index contributed by atoms with van der Waals surface area (Å²) in [6, 6.07) is 9.33. The fourth-order valence-corrected chi connectivity index (χ4v) is 2.66. The Kier molecular flexibility index (Phi) is 7.82. The molecule has 3 amide bonds. The molecule has 0 saturated carbocycles. The molecule has 30 heavy (non-hydrogen) atoms. The van der Waals surface area contributed by atoms with Crippen LogP contribution in [-0.4, -0.2) is 24.3 Å². The predicted octanol–water partition coefficient (Wildman–Crippen LogP) is 4.47. The lowest BCUT2D eigenvalue weighted by atomic mass is 10.1. The molecule has 0 unspecified atom stereocenters. The van der Waals surface area contributed by atoms with Crippen LogP contribution in [0.15, 0.2) is 42.5 Å². The smallest absolute Gasteiger partial charge is 0.352 e. The highest BCUT2D eigenvalue weighted by Crippen LogP contribution is 2.36. The number of halogens is 4. The first-order chi connectivity index (χ1) is 14.1. The number of carbonyl (C=O) groups excluding carboxylic acids is 3. The van der Waals surface area contributed by atoms with E-state index in [-0.39, 0.29) is 31.0 Å². The van der Waals surface area contributed by atoms with Crippen LogP contribution >= 0.6 is 11.6 Å². The molecular weight excluding hydrogens is 423 g/mol. The van der Waals surface area contributed by atoms with Gasteiger partial charge in [0.25, 0.3) is 5.91 Å². The van der Waals surface area contributed by atoms with Crippen LogP contribution in [0.4, 0.5) is 24.5 Å². The van der Waals surface area contributed by atoms with Gasteiger partial charge >= 0.3 is 6.18 Å². The SMILES string of the molecule is CC(=O)Nc1ccc(NC(=O)CCCNC(=O)c2ccc(Cl)cc2)c(C(F)(F)F)c1. The predicted molar refractivity (Wildman–Crippen MR) is 107 cm³/mol. The van der Waals surface area contributed by atoms with E-state index < -0.39 is 29.2 Å². The summed E-state index contributed by atoms with van der Waals surface area (Å²) < 4.78 is 39.8. The molecule has 0 bridgehead atoms. The summed E-state index contributed by atoms with van der Waals surface area (Å²) >= 11 is 5.75. The van der Waals surface area contributed by atoms with Gasteiger partial charge in [-0.1, -0.05) is 11.6 Å². The van der Waals surface area contributed by atoms with Crippen LogP contribution < -0.4 is 16.0 Å². The van der Waals surface area contributed by atoms with Crippen molar-refractivity contribution in [3.05, 3.63) is 58.6 Å². The van der Waals surface area contributed by atoms with E-state index in [0.29, 0.717) is 10.6 Å². The average molecular weight is 442 g/mol. The number of amides is 3. The molecule has 2 aromatic carbocycles. The lowest BCUT2D eigenvalue weighted by Gasteiger charge is -2.15. The summed E-state index contributed by atoms with van der Waals surface area (Å²) in [5, 5.41) is 7.60. The van der Waals surface area contributed by atoms with E-state index in [4.69, 9.17) is 11.6 Å². The topological polar surface area (TPSA) is 87.3 Å². The summed E-state index contributed by atoms with van der Waals surface area (Å²) in [7, 11) is 0. The van der Waals surface area contributed by atoms with Gasteiger partial charge < -0.3 is 16.0 Å². The molecule has 0 aliphatic rings. The number of rotatable bonds is 7. The summed E-state index contributed by atoms with van der Waals surface area (Å²) in [5.41, 5.74) is -1.11. The zero-order valence-corrected chi connectivity index (χ0v) is 16.7. The molecule has 0 atom stereocenters. The maximum absolute atomic E-state index is 13.3. The molecule has 0 spiro atoms. The molecule has 0 aliphatic carbocycles. The van der Waals surface area contributed by atoms with Gasteiger partial charge in [0.15, 0.2) is 0 Å². The van der Waals surface area contributed by atoms with E-state index in [2.05, 4.69) is 16.0 Å². The van der Waals surface area contributed by atoms with Gasteiger partial charge in [-0.25, -0.2) is 0 Å². The van der Waals surface area contributed by atoms with Crippen molar-refractivity contribution in [3.8, 4) is 0 Å². The first kappa shape index (κ1) is 23.2. The number of anilines is 2. The Labute approximate surface area is 175 Å². The normalized spacial score (nSPS) is 11.0. The number of carbonyl (C=O) groups is 3. The Morgan fingerprint density at radius 2 is 1.67 bits per heavy atom. The standard InChI is InChI=1S/C20H19ClF3N3O3/c1-12(28)26-15-8-9-17(16(11-15)20(22,23)24)27-18(29)3-2-10-25-19(30)13-4-6-14(21)7-5-13/h4-9,11H,2-3,10H2,1H3,(H,25,30)(H,26,28)(H,27,29). The Morgan fingerprint density at radius 1 is 1.00 bits per heavy atom. The zero-order chi connectivity index (χ0) is 22.3. The van der Waals surface area contributed by atoms with Crippen molar-refractivity contribution >= 4 is 40.7 Å². The number of hydrogen-bond acceptors (Lipinski definition) is 3. The van der Waals surface area contributed by atoms with Gasteiger partial charge in [0, 0.05) is 36.2 Å². The Hall–Kier alpha value is -3.07. The molecule has 0 aromatic heterocycles. The van der Waals surface area contributed by atoms with Crippen LogP contribution in [-0.2, 0) is 15.8 Å². The van der Waals surface area contributed by atoms with Gasteiger partial charge in [0.1, 0.15) is 0 Å². The molecule has 0 saturated heterocycles. The third kappa shape index (κ3) is 7.07. The monoisotopic (exact) mass is 441 g/mol. The largest absolute Gasteiger partial charge is 0.418 e. The van der Waals surface area contributed by atoms with Gasteiger partial charge in [-0.2, -0.15) is 13.2 Å². The number of nitrogens with one attached hydrogen (secondary N) is 3. The lowest BCUT2D eigenvalue weighted by Crippen LogP contribution is -2.25. The number of hydrogen-bond donors (Lipinski definition) is 3. The molecule has 0 heterocycles. The second-order valence-electron chi connectivity index (χ2n) is 6.35. The van der Waals surface area contributed by atoms with Crippen LogP contribution in [0.25, 0.3) is 0 Å². The Balaban J connectivity index is 1.90. The third-order valence-corrected chi connectivity index (χ3v) is 4.14. The fourth-order valence-electron chi connectivity index (χ4n) is 2.54. The van der Waals surface area contributed by atoms with Crippen molar-refractivity contribution in [2.45, 2.75) is 25.9 Å². The van der Waals surface area contributed by atoms with Gasteiger partial charge in [-0.15, -0.1) is 0 Å². The summed E-state index contributed by atoms with van der Waals surface area (Å²) in [6.45, 7) is 1.34. The molecule has 0 fully saturated rings. The molecule has 160 valence electrons. The molecule has 6 nitrogen and oxygen atoms in total. The highest BCUT2D eigenvalue weighted by Gasteiger charge is 2.34. The highest BCUT2D eigenvalue weighted by atomic mass is 35.5. The van der Waals surface area contributed by atoms with E-state index in [9.17, 15) is 27.6 Å². The van der Waals surface area contributed by atoms with Crippen molar-refractivity contribution in [2.75, 3.05) is 17.2 Å². The van der Waals surface area contributed by atoms with Crippen LogP contribution in [0.1, 0.15) is 35.7 Å². The first-order valence-corrected chi connectivity index (χ1v) is 9.26.